The Bertz CT molecular complexity index is 821. The highest BCUT2D eigenvalue weighted by Gasteiger charge is 2.39. The van der Waals surface area contributed by atoms with Crippen molar-refractivity contribution in [3.8, 4) is 11.4 Å². The number of morpholine rings is 1. The standard InChI is InChI=1S/C19H22F3N3O4/c1-12(2)13-3-5-14(6-4-13)17-23-16(29-24-17)10-28-18(26)15-9-27-8-7-25(15)11-19(20,21)22/h3-6,12,15H,7-11H2,1-2H3. The molecular formula is C19H22F3N3O4. The van der Waals surface area contributed by atoms with Gasteiger partial charge in [-0.2, -0.15) is 18.2 Å². The van der Waals surface area contributed by atoms with Gasteiger partial charge in [-0.1, -0.05) is 43.3 Å². The van der Waals surface area contributed by atoms with Crippen LogP contribution in [0.25, 0.3) is 11.4 Å². The lowest BCUT2D eigenvalue weighted by Gasteiger charge is -2.34. The second-order valence-electron chi connectivity index (χ2n) is 7.07. The predicted molar refractivity (Wildman–Crippen MR) is 95.9 cm³/mol. The molecule has 1 aromatic heterocycles. The number of esters is 1. The minimum atomic E-state index is -4.41. The van der Waals surface area contributed by atoms with Crippen molar-refractivity contribution in [2.24, 2.45) is 0 Å². The monoisotopic (exact) mass is 413 g/mol. The Kier molecular flexibility index (Phi) is 6.53. The number of aromatic nitrogens is 2. The van der Waals surface area contributed by atoms with Gasteiger partial charge >= 0.3 is 12.1 Å². The van der Waals surface area contributed by atoms with E-state index in [4.69, 9.17) is 14.0 Å². The summed E-state index contributed by atoms with van der Waals surface area (Å²) in [6.07, 6.45) is -4.41. The summed E-state index contributed by atoms with van der Waals surface area (Å²) < 4.78 is 53.4. The highest BCUT2D eigenvalue weighted by Crippen LogP contribution is 2.22. The lowest BCUT2D eigenvalue weighted by molar-refractivity contribution is -0.177. The molecule has 0 amide bonds. The normalized spacial score (nSPS) is 18.2. The topological polar surface area (TPSA) is 77.7 Å². The third-order valence-corrected chi connectivity index (χ3v) is 4.54. The summed E-state index contributed by atoms with van der Waals surface area (Å²) in [7, 11) is 0. The lowest BCUT2D eigenvalue weighted by atomic mass is 10.0. The smallest absolute Gasteiger partial charge is 0.401 e. The van der Waals surface area contributed by atoms with E-state index in [9.17, 15) is 18.0 Å². The van der Waals surface area contributed by atoms with E-state index in [2.05, 4.69) is 24.0 Å². The van der Waals surface area contributed by atoms with Crippen LogP contribution in [0.5, 0.6) is 0 Å². The molecule has 1 saturated heterocycles. The number of rotatable bonds is 6. The van der Waals surface area contributed by atoms with Crippen molar-refractivity contribution in [2.75, 3.05) is 26.3 Å². The molecule has 2 aromatic rings. The molecule has 10 heteroatoms. The molecule has 0 bridgehead atoms. The first-order valence-electron chi connectivity index (χ1n) is 9.21. The van der Waals surface area contributed by atoms with Gasteiger partial charge in [0.25, 0.3) is 5.89 Å². The number of benzene rings is 1. The van der Waals surface area contributed by atoms with Crippen LogP contribution in [-0.4, -0.2) is 59.5 Å². The quantitative estimate of drug-likeness (QED) is 0.673. The molecule has 3 rings (SSSR count). The summed E-state index contributed by atoms with van der Waals surface area (Å²) in [4.78, 5) is 17.4. The van der Waals surface area contributed by atoms with Gasteiger partial charge in [-0.05, 0) is 11.5 Å². The summed E-state index contributed by atoms with van der Waals surface area (Å²) >= 11 is 0. The number of carbonyl (C=O) groups is 1. The van der Waals surface area contributed by atoms with E-state index in [1.807, 2.05) is 24.3 Å². The molecule has 1 aromatic carbocycles. The van der Waals surface area contributed by atoms with Crippen LogP contribution in [0.2, 0.25) is 0 Å². The molecule has 0 radical (unpaired) electrons. The van der Waals surface area contributed by atoms with Gasteiger partial charge in [-0.3, -0.25) is 9.69 Å². The van der Waals surface area contributed by atoms with Gasteiger partial charge in [0.1, 0.15) is 6.04 Å². The van der Waals surface area contributed by atoms with Crippen LogP contribution in [0.3, 0.4) is 0 Å². The van der Waals surface area contributed by atoms with Crippen molar-refractivity contribution < 1.29 is 32.0 Å². The minimum absolute atomic E-state index is 0.00362. The fraction of sp³-hybridized carbons (Fsp3) is 0.526. The molecule has 158 valence electrons. The molecule has 1 fully saturated rings. The Morgan fingerprint density at radius 2 is 2.03 bits per heavy atom. The maximum atomic E-state index is 12.7. The Hall–Kier alpha value is -2.46. The average molecular weight is 413 g/mol. The minimum Gasteiger partial charge on any atom is -0.454 e. The van der Waals surface area contributed by atoms with E-state index in [1.165, 1.54) is 5.56 Å². The van der Waals surface area contributed by atoms with E-state index in [-0.39, 0.29) is 32.3 Å². The molecule has 1 unspecified atom stereocenters. The second kappa shape index (κ2) is 8.91. The van der Waals surface area contributed by atoms with E-state index >= 15 is 0 Å². The van der Waals surface area contributed by atoms with Crippen molar-refractivity contribution in [2.45, 2.75) is 38.6 Å². The molecule has 1 aliphatic rings. The molecule has 1 atom stereocenters. The first kappa shape index (κ1) is 21.3. The fourth-order valence-electron chi connectivity index (χ4n) is 2.95. The summed E-state index contributed by atoms with van der Waals surface area (Å²) in [5, 5.41) is 3.85. The van der Waals surface area contributed by atoms with E-state index < -0.39 is 24.7 Å². The zero-order valence-electron chi connectivity index (χ0n) is 16.1. The van der Waals surface area contributed by atoms with Crippen LogP contribution in [0.4, 0.5) is 13.2 Å². The van der Waals surface area contributed by atoms with Gasteiger partial charge in [0.15, 0.2) is 6.61 Å². The van der Waals surface area contributed by atoms with Crippen LogP contribution in [0.1, 0.15) is 31.2 Å². The predicted octanol–water partition coefficient (Wildman–Crippen LogP) is 3.17. The molecule has 7 nitrogen and oxygen atoms in total. The van der Waals surface area contributed by atoms with Gasteiger partial charge in [0.05, 0.1) is 19.8 Å². The van der Waals surface area contributed by atoms with E-state index in [1.54, 1.807) is 0 Å². The number of hydrogen-bond acceptors (Lipinski definition) is 7. The zero-order valence-corrected chi connectivity index (χ0v) is 16.1. The van der Waals surface area contributed by atoms with E-state index in [0.29, 0.717) is 11.7 Å². The number of halogens is 3. The van der Waals surface area contributed by atoms with Crippen molar-refractivity contribution in [1.82, 2.24) is 15.0 Å². The second-order valence-corrected chi connectivity index (χ2v) is 7.07. The maximum absolute atomic E-state index is 12.7. The lowest BCUT2D eigenvalue weighted by Crippen LogP contribution is -2.53. The van der Waals surface area contributed by atoms with Crippen LogP contribution in [-0.2, 0) is 20.9 Å². The summed E-state index contributed by atoms with van der Waals surface area (Å²) in [5.41, 5.74) is 1.91. The SMILES string of the molecule is CC(C)c1ccc(-c2noc(COC(=O)C3COCCN3CC(F)(F)F)n2)cc1. The zero-order chi connectivity index (χ0) is 21.0. The van der Waals surface area contributed by atoms with Gasteiger partial charge in [-0.25, -0.2) is 0 Å². The third-order valence-electron chi connectivity index (χ3n) is 4.54. The van der Waals surface area contributed by atoms with Crippen molar-refractivity contribution in [3.05, 3.63) is 35.7 Å². The largest absolute Gasteiger partial charge is 0.454 e. The number of hydrogen-bond donors (Lipinski definition) is 0. The van der Waals surface area contributed by atoms with Crippen molar-refractivity contribution >= 4 is 5.97 Å². The summed E-state index contributed by atoms with van der Waals surface area (Å²) in [6, 6.07) is 6.54. The Labute approximate surface area is 165 Å². The van der Waals surface area contributed by atoms with Crippen LogP contribution >= 0.6 is 0 Å². The highest BCUT2D eigenvalue weighted by molar-refractivity contribution is 5.76. The number of ether oxygens (including phenoxy) is 2. The summed E-state index contributed by atoms with van der Waals surface area (Å²) in [6.45, 7) is 2.61. The average Bonchev–Trinajstić information content (AvgIpc) is 3.14. The van der Waals surface area contributed by atoms with Gasteiger partial charge in [0.2, 0.25) is 5.82 Å². The number of nitrogens with zero attached hydrogens (tertiary/aromatic N) is 3. The molecule has 0 spiro atoms. The van der Waals surface area contributed by atoms with Gasteiger partial charge in [0, 0.05) is 12.1 Å². The van der Waals surface area contributed by atoms with Crippen LogP contribution in [0, 0.1) is 0 Å². The molecular weight excluding hydrogens is 391 g/mol. The van der Waals surface area contributed by atoms with Crippen LogP contribution < -0.4 is 0 Å². The van der Waals surface area contributed by atoms with Gasteiger partial charge < -0.3 is 14.0 Å². The summed E-state index contributed by atoms with van der Waals surface area (Å²) in [5.74, 6) is -0.0357. The number of alkyl halides is 3. The Morgan fingerprint density at radius 1 is 1.31 bits per heavy atom. The Morgan fingerprint density at radius 3 is 2.69 bits per heavy atom. The first-order chi connectivity index (χ1) is 13.7. The third kappa shape index (κ3) is 5.77. The molecule has 2 heterocycles. The highest BCUT2D eigenvalue weighted by atomic mass is 19.4. The van der Waals surface area contributed by atoms with Crippen LogP contribution in [0.15, 0.2) is 28.8 Å². The molecule has 0 aliphatic carbocycles. The van der Waals surface area contributed by atoms with Gasteiger partial charge in [-0.15, -0.1) is 0 Å². The maximum Gasteiger partial charge on any atom is 0.401 e. The van der Waals surface area contributed by atoms with E-state index in [0.717, 1.165) is 10.5 Å². The first-order valence-corrected chi connectivity index (χ1v) is 9.21. The van der Waals surface area contributed by atoms with Crippen molar-refractivity contribution in [1.29, 1.82) is 0 Å². The fourth-order valence-corrected chi connectivity index (χ4v) is 2.95. The van der Waals surface area contributed by atoms with Crippen molar-refractivity contribution in [3.63, 3.8) is 0 Å². The molecule has 0 N–H and O–H groups in total. The Balaban J connectivity index is 1.59. The molecule has 0 saturated carbocycles. The molecule has 29 heavy (non-hydrogen) atoms. The molecule has 1 aliphatic heterocycles. The number of carbonyl (C=O) groups excluding carboxylic acids is 1.